The standard InChI is InChI=1S/C70H113N25O18S2/c1-6-37(4)54(67(113)94-50(35-115)66(112)91-47(28-40-18-11-8-12-19-40)63(109)88-42(55(101)56(72)102)20-13-23-79-68(73)74)95-62(108)44(22-15-25-81-70(77)78)87-53(100)31-84-59(105)45(26-36(2)3)90-61(107)43(21-14-24-80-69(75)76)86-52(99)30-82-51(98)29-83-60(106)46(27-39-16-9-7-10-17-39)89-57(103)38(5)85-65(111)49(34-114)93-64(110)48(33-97)92-58(104)41(71)32-96/h7-12,16-19,36-38,41-50,54,96-97,114-115H,6,13-15,20-35,71H2,1-5H3,(H2,72,102)(H,82,98)(H,83,106)(H,84,105)(H,85,111)(H,86,99)(H,87,100)(H,88,109)(H,89,103)(H,90,107)(H,91,112)(H,92,104)(H,93,110)(H,94,113)(H,95,108)(H4,73,74,79)(H4,75,76,80)(H4,77,78,81)/t37-,38+,41-,42-,43-,44-,45-,46-,47-,48-,49-,50-,54-/m0/s1. The van der Waals surface area contributed by atoms with Crippen LogP contribution in [0.2, 0.25) is 0 Å². The van der Waals surface area contributed by atoms with Gasteiger partial charge in [-0.2, -0.15) is 25.3 Å². The fraction of sp³-hybridized carbons (Fsp3) is 0.557. The number of aliphatic hydroxyl groups is 2. The molecule has 0 unspecified atom stereocenters. The molecule has 115 heavy (non-hydrogen) atoms. The summed E-state index contributed by atoms with van der Waals surface area (Å²) in [6.07, 6.45) is -0.106. The van der Waals surface area contributed by atoms with Crippen molar-refractivity contribution in [2.45, 2.75) is 171 Å². The van der Waals surface area contributed by atoms with Gasteiger partial charge in [-0.15, -0.1) is 0 Å². The second kappa shape index (κ2) is 53.5. The van der Waals surface area contributed by atoms with Crippen LogP contribution in [-0.2, 0) is 89.6 Å². The highest BCUT2D eigenvalue weighted by molar-refractivity contribution is 7.80. The van der Waals surface area contributed by atoms with Crippen molar-refractivity contribution >= 4 is 138 Å². The first-order valence-electron chi connectivity index (χ1n) is 36.9. The molecule has 32 N–H and O–H groups in total. The van der Waals surface area contributed by atoms with Gasteiger partial charge in [0.25, 0.3) is 5.91 Å². The summed E-state index contributed by atoms with van der Waals surface area (Å²) in [4.78, 5) is 216. The minimum Gasteiger partial charge on any atom is -0.394 e. The average molecular weight is 1660 g/mol. The molecule has 0 aromatic heterocycles. The summed E-state index contributed by atoms with van der Waals surface area (Å²) in [5.41, 5.74) is 28.2. The Balaban J connectivity index is 2.29. The van der Waals surface area contributed by atoms with Crippen LogP contribution in [0.1, 0.15) is 97.1 Å². The molecule has 0 saturated heterocycles. The molecule has 0 spiro atoms. The van der Waals surface area contributed by atoms with Crippen LogP contribution in [0, 0.1) is 28.1 Å². The smallest absolute Gasteiger partial charge is 0.287 e. The average Bonchev–Trinajstić information content (AvgIpc) is 0.852. The molecule has 638 valence electrons. The zero-order valence-corrected chi connectivity index (χ0v) is 66.5. The van der Waals surface area contributed by atoms with Gasteiger partial charge in [0.15, 0.2) is 17.9 Å². The van der Waals surface area contributed by atoms with Crippen molar-refractivity contribution in [3.8, 4) is 0 Å². The van der Waals surface area contributed by atoms with Crippen LogP contribution >= 0.6 is 25.3 Å². The number of thiol groups is 2. The van der Waals surface area contributed by atoms with Crippen molar-refractivity contribution in [1.82, 2.24) is 90.4 Å². The van der Waals surface area contributed by atoms with Crippen molar-refractivity contribution in [3.05, 3.63) is 71.8 Å². The molecular formula is C70H113N25O18S2. The summed E-state index contributed by atoms with van der Waals surface area (Å²) >= 11 is 8.40. The number of primary amides is 1. The van der Waals surface area contributed by atoms with Crippen LogP contribution in [0.5, 0.6) is 0 Å². The number of amides is 15. The molecule has 13 atom stereocenters. The molecule has 2 aromatic rings. The van der Waals surface area contributed by atoms with Gasteiger partial charge in [0.05, 0.1) is 38.9 Å². The van der Waals surface area contributed by atoms with Crippen molar-refractivity contribution in [2.75, 3.05) is 64.0 Å². The van der Waals surface area contributed by atoms with E-state index in [4.69, 9.17) is 50.0 Å². The van der Waals surface area contributed by atoms with Gasteiger partial charge in [-0.1, -0.05) is 94.8 Å². The highest BCUT2D eigenvalue weighted by Crippen LogP contribution is 2.14. The zero-order chi connectivity index (χ0) is 86.4. The molecule has 45 heteroatoms. The van der Waals surface area contributed by atoms with E-state index in [9.17, 15) is 81.8 Å². The number of guanidine groups is 3. The Labute approximate surface area is 675 Å². The lowest BCUT2D eigenvalue weighted by Crippen LogP contribution is -2.61. The number of aliphatic hydroxyl groups excluding tert-OH is 2. The second-order valence-electron chi connectivity index (χ2n) is 27.0. The summed E-state index contributed by atoms with van der Waals surface area (Å²) in [5, 5.41) is 83.6. The van der Waals surface area contributed by atoms with Crippen LogP contribution in [0.3, 0.4) is 0 Å². The Hall–Kier alpha value is -11.5. The molecule has 2 rings (SSSR count). The zero-order valence-electron chi connectivity index (χ0n) is 64.7. The van der Waals surface area contributed by atoms with Gasteiger partial charge in [-0.3, -0.25) is 92.9 Å². The lowest BCUT2D eigenvalue weighted by Gasteiger charge is -2.29. The first kappa shape index (κ1) is 99.6. The van der Waals surface area contributed by atoms with Gasteiger partial charge >= 0.3 is 0 Å². The Morgan fingerprint density at radius 2 is 0.757 bits per heavy atom. The molecule has 15 amide bonds. The van der Waals surface area contributed by atoms with E-state index in [1.807, 2.05) is 0 Å². The second-order valence-corrected chi connectivity index (χ2v) is 27.7. The van der Waals surface area contributed by atoms with E-state index >= 15 is 0 Å². The van der Waals surface area contributed by atoms with E-state index < -0.39 is 218 Å². The minimum absolute atomic E-state index is 0.0326. The van der Waals surface area contributed by atoms with E-state index in [1.165, 1.54) is 6.92 Å². The van der Waals surface area contributed by atoms with Gasteiger partial charge in [-0.25, -0.2) is 0 Å². The van der Waals surface area contributed by atoms with Crippen molar-refractivity contribution in [2.24, 2.45) is 40.5 Å². The largest absolute Gasteiger partial charge is 0.394 e. The third-order valence-corrected chi connectivity index (χ3v) is 17.9. The molecule has 0 fully saturated rings. The number of carbonyl (C=O) groups is 16. The molecule has 0 aliphatic rings. The third-order valence-electron chi connectivity index (χ3n) is 17.1. The fourth-order valence-corrected chi connectivity index (χ4v) is 11.1. The predicted molar refractivity (Wildman–Crippen MR) is 427 cm³/mol. The number of hydrogen-bond acceptors (Lipinski definition) is 24. The molecular weight excluding hydrogens is 1540 g/mol. The van der Waals surface area contributed by atoms with Gasteiger partial charge in [0.2, 0.25) is 88.5 Å². The normalized spacial score (nSPS) is 14.3. The maximum absolute atomic E-state index is 14.4. The van der Waals surface area contributed by atoms with Gasteiger partial charge in [0, 0.05) is 44.0 Å². The van der Waals surface area contributed by atoms with Gasteiger partial charge in [-0.05, 0) is 74.8 Å². The summed E-state index contributed by atoms with van der Waals surface area (Å²) < 4.78 is 0. The third kappa shape index (κ3) is 39.2. The molecule has 0 bridgehead atoms. The monoisotopic (exact) mass is 1660 g/mol. The number of ketones is 1. The highest BCUT2D eigenvalue weighted by atomic mass is 32.1. The number of Topliss-reactive ketones (excluding diaryl/α,β-unsaturated/α-hetero) is 1. The van der Waals surface area contributed by atoms with Crippen LogP contribution in [0.4, 0.5) is 0 Å². The maximum atomic E-state index is 14.4. The van der Waals surface area contributed by atoms with E-state index in [0.29, 0.717) is 11.1 Å². The lowest BCUT2D eigenvalue weighted by molar-refractivity contribution is -0.139. The topological polar surface area (TPSA) is 720 Å². The SMILES string of the molecule is CC[C@H](C)[C@H](NC(=O)[C@H](CCCNC(=N)N)NC(=O)CNC(=O)[C@H](CC(C)C)NC(=O)[C@H](CCCNC(=N)N)NC(=O)CNC(=O)CNC(=O)[C@H](Cc1ccccc1)NC(=O)[C@@H](C)NC(=O)[C@H](CS)NC(=O)[C@H](CO)NC(=O)[C@@H](N)CO)C(=O)N[C@@H](CS)C(=O)N[C@@H](Cc1ccccc1)C(=O)N[C@@H](CCCNC(=N)N)C(=O)C(N)=O. The Bertz CT molecular complexity index is 3650. The quantitative estimate of drug-likeness (QED) is 0.00961. The summed E-state index contributed by atoms with van der Waals surface area (Å²) in [6, 6.07) is -0.472. The first-order valence-corrected chi connectivity index (χ1v) is 38.1. The van der Waals surface area contributed by atoms with Crippen molar-refractivity contribution < 1.29 is 86.9 Å². The molecule has 0 saturated carbocycles. The number of hydrogen-bond donors (Lipinski definition) is 29. The number of rotatable bonds is 54. The summed E-state index contributed by atoms with van der Waals surface area (Å²) in [6.45, 7) is 4.21. The van der Waals surface area contributed by atoms with Gasteiger partial charge in [0.1, 0.15) is 66.5 Å². The highest BCUT2D eigenvalue weighted by Gasteiger charge is 2.37. The van der Waals surface area contributed by atoms with E-state index in [-0.39, 0.29) is 107 Å². The van der Waals surface area contributed by atoms with Gasteiger partial charge < -0.3 is 129 Å². The summed E-state index contributed by atoms with van der Waals surface area (Å²) in [7, 11) is 0. The van der Waals surface area contributed by atoms with Crippen molar-refractivity contribution in [3.63, 3.8) is 0 Å². The lowest BCUT2D eigenvalue weighted by atomic mass is 9.97. The molecule has 2 aromatic carbocycles. The van der Waals surface area contributed by atoms with Crippen LogP contribution in [0.15, 0.2) is 60.7 Å². The number of carbonyl (C=O) groups excluding carboxylic acids is 16. The number of nitrogens with one attached hydrogen (secondary N) is 20. The Morgan fingerprint density at radius 3 is 1.20 bits per heavy atom. The van der Waals surface area contributed by atoms with Crippen LogP contribution in [0.25, 0.3) is 0 Å². The number of nitrogens with two attached hydrogens (primary N) is 5. The Kier molecular flexibility index (Phi) is 46.4. The molecule has 0 radical (unpaired) electrons. The fourth-order valence-electron chi connectivity index (χ4n) is 10.6. The van der Waals surface area contributed by atoms with E-state index in [0.717, 1.165) is 0 Å². The van der Waals surface area contributed by atoms with E-state index in [2.05, 4.69) is 116 Å². The van der Waals surface area contributed by atoms with Crippen molar-refractivity contribution in [1.29, 1.82) is 16.2 Å². The Morgan fingerprint density at radius 1 is 0.391 bits per heavy atom. The number of benzene rings is 2. The maximum Gasteiger partial charge on any atom is 0.287 e. The van der Waals surface area contributed by atoms with Crippen LogP contribution in [-0.4, -0.2) is 259 Å². The summed E-state index contributed by atoms with van der Waals surface area (Å²) in [5.74, 6) is -18.2. The first-order chi connectivity index (χ1) is 54.4. The molecule has 43 nitrogen and oxygen atoms in total. The minimum atomic E-state index is -1.59. The molecule has 0 heterocycles. The van der Waals surface area contributed by atoms with Crippen LogP contribution < -0.4 is 119 Å². The van der Waals surface area contributed by atoms with E-state index in [1.54, 1.807) is 88.4 Å². The predicted octanol–water partition coefficient (Wildman–Crippen LogP) is -9.72. The molecule has 0 aliphatic heterocycles. The molecule has 0 aliphatic carbocycles.